The highest BCUT2D eigenvalue weighted by molar-refractivity contribution is 7.87. The van der Waals surface area contributed by atoms with Gasteiger partial charge in [-0.15, -0.1) is 12.4 Å². The first-order chi connectivity index (χ1) is 3.06. The van der Waals surface area contributed by atoms with Crippen LogP contribution in [0.25, 0.3) is 0 Å². The molecule has 0 amide bonds. The minimum atomic E-state index is -3.75. The van der Waals surface area contributed by atoms with Gasteiger partial charge in [-0.3, -0.25) is 4.55 Å². The van der Waals surface area contributed by atoms with E-state index in [1.54, 1.807) is 0 Å². The molecule has 1 N–H and O–H groups in total. The lowest BCUT2D eigenvalue weighted by Crippen LogP contribution is -2.03. The lowest BCUT2D eigenvalue weighted by molar-refractivity contribution is 0.485. The molecule has 0 unspecified atom stereocenters. The zero-order valence-corrected chi connectivity index (χ0v) is 6.47. The molecule has 0 radical (unpaired) electrons. The van der Waals surface area contributed by atoms with Crippen LogP contribution in [-0.4, -0.2) is 24.5 Å². The van der Waals surface area contributed by atoms with Crippen LogP contribution >= 0.6 is 25.0 Å². The maximum absolute atomic E-state index is 9.74. The molecule has 0 fully saturated rings. The fraction of sp³-hybridized carbons (Fsp3) is 1.00. The zero-order chi connectivity index (χ0) is 5.91. The van der Waals surface area contributed by atoms with Crippen LogP contribution in [0.5, 0.6) is 0 Å². The van der Waals surface area contributed by atoms with Crippen molar-refractivity contribution in [2.24, 2.45) is 0 Å². The number of thiol groups is 1. The summed E-state index contributed by atoms with van der Waals surface area (Å²) >= 11 is 3.57. The highest BCUT2D eigenvalue weighted by atomic mass is 35.5. The molecule has 0 aliphatic rings. The first kappa shape index (κ1) is 11.4. The smallest absolute Gasteiger partial charge is 0.265 e. The molecule has 52 valence electrons. The second-order valence-corrected chi connectivity index (χ2v) is 3.03. The minimum absolute atomic E-state index is 0. The zero-order valence-electron chi connectivity index (χ0n) is 3.94. The summed E-state index contributed by atoms with van der Waals surface area (Å²) in [4.78, 5) is 0. The Labute approximate surface area is 60.0 Å². The molecule has 0 aliphatic carbocycles. The van der Waals surface area contributed by atoms with E-state index in [1.807, 2.05) is 0 Å². The normalized spacial score (nSPS) is 10.2. The fourth-order valence-electron chi connectivity index (χ4n) is 0.115. The van der Waals surface area contributed by atoms with Gasteiger partial charge in [0.05, 0.1) is 5.75 Å². The van der Waals surface area contributed by atoms with E-state index in [0.717, 1.165) is 0 Å². The maximum atomic E-state index is 9.74. The van der Waals surface area contributed by atoms with E-state index in [1.165, 1.54) is 0 Å². The van der Waals surface area contributed by atoms with Crippen molar-refractivity contribution in [3.8, 4) is 0 Å². The van der Waals surface area contributed by atoms with Gasteiger partial charge in [0, 0.05) is 5.75 Å². The molecule has 0 aromatic carbocycles. The van der Waals surface area contributed by atoms with E-state index < -0.39 is 10.1 Å². The van der Waals surface area contributed by atoms with Crippen LogP contribution in [0.4, 0.5) is 0 Å². The van der Waals surface area contributed by atoms with Crippen LogP contribution in [0.15, 0.2) is 0 Å². The Balaban J connectivity index is 0. The van der Waals surface area contributed by atoms with Crippen molar-refractivity contribution in [2.75, 3.05) is 11.5 Å². The average Bonchev–Trinajstić information content (AvgIpc) is 1.30. The number of halogens is 1. The van der Waals surface area contributed by atoms with E-state index >= 15 is 0 Å². The molecule has 0 saturated heterocycles. The van der Waals surface area contributed by atoms with Gasteiger partial charge in [0.15, 0.2) is 0 Å². The van der Waals surface area contributed by atoms with Crippen molar-refractivity contribution in [3.05, 3.63) is 0 Å². The molecule has 0 heterocycles. The van der Waals surface area contributed by atoms with Crippen molar-refractivity contribution >= 4 is 35.2 Å². The molecule has 0 spiro atoms. The van der Waals surface area contributed by atoms with Gasteiger partial charge in [0.1, 0.15) is 0 Å². The summed E-state index contributed by atoms with van der Waals surface area (Å²) in [5.41, 5.74) is 0. The lowest BCUT2D eigenvalue weighted by atomic mass is 11.0. The Kier molecular flexibility index (Phi) is 6.29. The number of rotatable bonds is 2. The molecule has 0 aromatic rings. The third-order valence-corrected chi connectivity index (χ3v) is 1.60. The van der Waals surface area contributed by atoms with Gasteiger partial charge in [0.2, 0.25) is 0 Å². The van der Waals surface area contributed by atoms with Gasteiger partial charge in [-0.2, -0.15) is 21.0 Å². The highest BCUT2D eigenvalue weighted by Gasteiger charge is 1.98. The Morgan fingerprint density at radius 2 is 1.88 bits per heavy atom. The standard InChI is InChI=1S/C2H6O3S2.ClH/c3-7(4,5)2-1-6;/h6H,1-2H2,(H,3,4,5);1H. The predicted octanol–water partition coefficient (Wildman–Crippen LogP) is 0.226. The molecule has 0 aliphatic heterocycles. The van der Waals surface area contributed by atoms with Crippen molar-refractivity contribution in [2.45, 2.75) is 0 Å². The summed E-state index contributed by atoms with van der Waals surface area (Å²) < 4.78 is 27.4. The van der Waals surface area contributed by atoms with E-state index in [2.05, 4.69) is 12.6 Å². The van der Waals surface area contributed by atoms with E-state index in [9.17, 15) is 8.42 Å². The predicted molar refractivity (Wildman–Crippen MR) is 37.5 cm³/mol. The topological polar surface area (TPSA) is 54.4 Å². The van der Waals surface area contributed by atoms with Crippen LogP contribution in [0, 0.1) is 0 Å². The van der Waals surface area contributed by atoms with Gasteiger partial charge in [-0.05, 0) is 0 Å². The number of hydrogen-bond acceptors (Lipinski definition) is 3. The van der Waals surface area contributed by atoms with Crippen molar-refractivity contribution < 1.29 is 13.0 Å². The maximum Gasteiger partial charge on any atom is 0.265 e. The third kappa shape index (κ3) is 9.75. The summed E-state index contributed by atoms with van der Waals surface area (Å²) in [7, 11) is -3.75. The van der Waals surface area contributed by atoms with Crippen LogP contribution in [0.3, 0.4) is 0 Å². The monoisotopic (exact) mass is 178 g/mol. The summed E-state index contributed by atoms with van der Waals surface area (Å²) in [6.45, 7) is 0. The number of hydrogen-bond donors (Lipinski definition) is 2. The van der Waals surface area contributed by atoms with Gasteiger partial charge in [-0.25, -0.2) is 0 Å². The van der Waals surface area contributed by atoms with Crippen molar-refractivity contribution in [1.29, 1.82) is 0 Å². The van der Waals surface area contributed by atoms with E-state index in [4.69, 9.17) is 4.55 Å². The molecule has 0 bridgehead atoms. The molecule has 6 heteroatoms. The molecule has 0 aromatic heterocycles. The first-order valence-corrected chi connectivity index (χ1v) is 3.86. The fourth-order valence-corrected chi connectivity index (χ4v) is 1.04. The van der Waals surface area contributed by atoms with Gasteiger partial charge in [-0.1, -0.05) is 0 Å². The van der Waals surface area contributed by atoms with Crippen LogP contribution in [0.1, 0.15) is 0 Å². The van der Waals surface area contributed by atoms with E-state index in [0.29, 0.717) is 0 Å². The Hall–Kier alpha value is 0.550. The molecular formula is C2H7ClO3S2. The first-order valence-electron chi connectivity index (χ1n) is 1.62. The highest BCUT2D eigenvalue weighted by Crippen LogP contribution is 1.81. The van der Waals surface area contributed by atoms with Crippen molar-refractivity contribution in [3.63, 3.8) is 0 Å². The molecular weight excluding hydrogens is 172 g/mol. The molecule has 0 rings (SSSR count). The average molecular weight is 179 g/mol. The van der Waals surface area contributed by atoms with Crippen LogP contribution in [0.2, 0.25) is 0 Å². The van der Waals surface area contributed by atoms with Crippen LogP contribution in [-0.2, 0) is 10.1 Å². The quantitative estimate of drug-likeness (QED) is 0.470. The molecule has 3 nitrogen and oxygen atoms in total. The van der Waals surface area contributed by atoms with Gasteiger partial charge >= 0.3 is 0 Å². The summed E-state index contributed by atoms with van der Waals surface area (Å²) in [6, 6.07) is 0. The Morgan fingerprint density at radius 1 is 1.50 bits per heavy atom. The van der Waals surface area contributed by atoms with Crippen molar-refractivity contribution in [1.82, 2.24) is 0 Å². The largest absolute Gasteiger partial charge is 0.286 e. The second-order valence-electron chi connectivity index (χ2n) is 1.01. The lowest BCUT2D eigenvalue weighted by Gasteiger charge is -1.85. The summed E-state index contributed by atoms with van der Waals surface area (Å²) in [5, 5.41) is 0. The second kappa shape index (κ2) is 4.43. The molecule has 8 heavy (non-hydrogen) atoms. The Morgan fingerprint density at radius 3 is 1.88 bits per heavy atom. The van der Waals surface area contributed by atoms with Gasteiger partial charge < -0.3 is 0 Å². The SMILES string of the molecule is Cl.O=S(=O)(O)CCS. The van der Waals surface area contributed by atoms with E-state index in [-0.39, 0.29) is 23.9 Å². The minimum Gasteiger partial charge on any atom is -0.286 e. The third-order valence-electron chi connectivity index (χ3n) is 0.349. The Bertz CT molecular complexity index is 128. The van der Waals surface area contributed by atoms with Crippen LogP contribution < -0.4 is 0 Å². The molecule has 0 atom stereocenters. The van der Waals surface area contributed by atoms with Gasteiger partial charge in [0.25, 0.3) is 10.1 Å². The summed E-state index contributed by atoms with van der Waals surface area (Å²) in [5.74, 6) is -0.102. The summed E-state index contributed by atoms with van der Waals surface area (Å²) in [6.07, 6.45) is 0. The molecule has 0 saturated carbocycles.